The van der Waals surface area contributed by atoms with Crippen LogP contribution in [0.15, 0.2) is 4.99 Å². The number of ether oxygens (including phenoxy) is 6. The van der Waals surface area contributed by atoms with Gasteiger partial charge in [-0.1, -0.05) is 27.7 Å². The topological polar surface area (TPSA) is 151 Å². The van der Waals surface area contributed by atoms with E-state index in [2.05, 4.69) is 15.2 Å². The molecule has 1 amide bonds. The molecule has 0 saturated carbocycles. The van der Waals surface area contributed by atoms with Gasteiger partial charge in [0.2, 0.25) is 0 Å². The van der Waals surface area contributed by atoms with Crippen LogP contribution in [0.5, 0.6) is 0 Å². The van der Waals surface area contributed by atoms with Gasteiger partial charge in [0.1, 0.15) is 23.9 Å². The van der Waals surface area contributed by atoms with E-state index in [1.54, 1.807) is 55.0 Å². The minimum absolute atomic E-state index is 0.0444. The van der Waals surface area contributed by atoms with Gasteiger partial charge in [0, 0.05) is 44.2 Å². The van der Waals surface area contributed by atoms with Crippen molar-refractivity contribution >= 4 is 29.8 Å². The van der Waals surface area contributed by atoms with E-state index in [0.29, 0.717) is 12.8 Å². The number of amides is 1. The number of methoxy groups -OCH3 is 1. The number of carbonyl (C=O) groups excluding carboxylic acids is 4. The Kier molecular flexibility index (Phi) is 13.1. The van der Waals surface area contributed by atoms with E-state index in [-0.39, 0.29) is 31.0 Å². The van der Waals surface area contributed by atoms with Gasteiger partial charge in [0.25, 0.3) is 0 Å². The predicted molar refractivity (Wildman–Crippen MR) is 174 cm³/mol. The molecule has 3 aliphatic heterocycles. The molecular weight excluding hydrogens is 610 g/mol. The molecule has 0 aliphatic carbocycles. The number of nitrogens with zero attached hydrogens (tertiary/aromatic N) is 2. The maximum absolute atomic E-state index is 14.2. The van der Waals surface area contributed by atoms with Crippen molar-refractivity contribution in [3.05, 3.63) is 0 Å². The van der Waals surface area contributed by atoms with Crippen LogP contribution in [0.25, 0.3) is 0 Å². The molecule has 3 aliphatic rings. The van der Waals surface area contributed by atoms with Gasteiger partial charge in [-0.2, -0.15) is 0 Å². The fourth-order valence-electron chi connectivity index (χ4n) is 7.67. The lowest BCUT2D eigenvalue weighted by Crippen LogP contribution is -2.60. The molecule has 1 N–H and O–H groups in total. The van der Waals surface area contributed by atoms with Crippen molar-refractivity contribution in [2.45, 2.75) is 129 Å². The molecule has 0 aromatic rings. The van der Waals surface area contributed by atoms with E-state index in [1.165, 1.54) is 6.92 Å². The Morgan fingerprint density at radius 2 is 1.70 bits per heavy atom. The number of cyclic esters (lactones) is 1. The number of likely N-dealkylation sites (N-methyl/N-ethyl adjacent to an activating group) is 1. The Hall–Kier alpha value is -2.45. The Labute approximate surface area is 279 Å². The molecule has 0 bridgehead atoms. The molecule has 0 spiro atoms. The first-order chi connectivity index (χ1) is 21.9. The van der Waals surface area contributed by atoms with E-state index in [1.807, 2.05) is 27.9 Å². The smallest absolute Gasteiger partial charge is 0.408 e. The normalized spacial score (nSPS) is 42.5. The zero-order valence-corrected chi connectivity index (χ0v) is 30.2. The monoisotopic (exact) mass is 667 g/mol. The van der Waals surface area contributed by atoms with Crippen molar-refractivity contribution in [1.29, 1.82) is 0 Å². The van der Waals surface area contributed by atoms with E-state index >= 15 is 0 Å². The number of rotatable bonds is 8. The van der Waals surface area contributed by atoms with Gasteiger partial charge < -0.3 is 38.6 Å². The van der Waals surface area contributed by atoms with Crippen molar-refractivity contribution in [3.63, 3.8) is 0 Å². The summed E-state index contributed by atoms with van der Waals surface area (Å²) < 4.78 is 37.2. The van der Waals surface area contributed by atoms with E-state index in [9.17, 15) is 19.2 Å². The van der Waals surface area contributed by atoms with Gasteiger partial charge in [0.15, 0.2) is 17.7 Å². The number of nitrogens with one attached hydrogen (secondary N) is 1. The van der Waals surface area contributed by atoms with Gasteiger partial charge >= 0.3 is 12.1 Å². The third-order valence-electron chi connectivity index (χ3n) is 10.4. The molecule has 268 valence electrons. The summed E-state index contributed by atoms with van der Waals surface area (Å²) in [7, 11) is 7.15. The Morgan fingerprint density at radius 1 is 1.04 bits per heavy atom. The lowest BCUT2D eigenvalue weighted by molar-refractivity contribution is -0.300. The SMILES string of the molecule is CC[C@H]1OC(=O)[C@H](C)C(=O)[C@H](C)[C@@H](O[C@@H]2O[C@H](C)C[C@H](N(C)C)[C@H]2OC)[C@@](C)(OCC=NC)C[C@@H](C)C(=O)[C@H](C)[C@H]2NC(=O)O[C@@]21C. The summed E-state index contributed by atoms with van der Waals surface area (Å²) in [5.41, 5.74) is -2.59. The van der Waals surface area contributed by atoms with E-state index < -0.39 is 83.4 Å². The van der Waals surface area contributed by atoms with Gasteiger partial charge in [0.05, 0.1) is 30.5 Å². The van der Waals surface area contributed by atoms with Gasteiger partial charge in [-0.15, -0.1) is 0 Å². The van der Waals surface area contributed by atoms with Crippen LogP contribution in [-0.4, -0.2) is 124 Å². The number of carbonyl (C=O) groups is 4. The third-order valence-corrected chi connectivity index (χ3v) is 10.4. The molecule has 3 rings (SSSR count). The second-order valence-electron chi connectivity index (χ2n) is 14.1. The zero-order chi connectivity index (χ0) is 35.4. The molecule has 0 aromatic carbocycles. The average Bonchev–Trinajstić information content (AvgIpc) is 3.33. The summed E-state index contributed by atoms with van der Waals surface area (Å²) in [4.78, 5) is 60.8. The van der Waals surface area contributed by atoms with Crippen LogP contribution in [0.4, 0.5) is 4.79 Å². The number of hydrogen-bond acceptors (Lipinski definition) is 12. The molecule has 13 nitrogen and oxygen atoms in total. The second-order valence-corrected chi connectivity index (χ2v) is 14.1. The van der Waals surface area contributed by atoms with Crippen LogP contribution in [0, 0.1) is 23.7 Å². The van der Waals surface area contributed by atoms with Crippen molar-refractivity contribution < 1.29 is 47.6 Å². The maximum atomic E-state index is 14.2. The molecule has 3 fully saturated rings. The van der Waals surface area contributed by atoms with Crippen LogP contribution < -0.4 is 5.32 Å². The molecule has 3 saturated heterocycles. The molecular formula is C34H57N3O10. The van der Waals surface area contributed by atoms with Crippen molar-refractivity contribution in [1.82, 2.24) is 10.2 Å². The molecule has 47 heavy (non-hydrogen) atoms. The largest absolute Gasteiger partial charge is 0.458 e. The standard InChI is InChI=1S/C34H57N3O10/c1-13-24-34(8)28(36-32(41)47-34)20(4)25(38)18(2)17-33(7,43-15-14-35-9)29(21(5)26(39)22(6)30(40)45-24)46-31-27(42-12)23(37(10)11)16-19(3)44-31/h14,18-24,27-29,31H,13,15-17H2,1-12H3,(H,36,41)/t18-,19-,20+,21+,22-,23+,24-,27-,28-,29-,31+,33+,34-/m1/s1. The first kappa shape index (κ1) is 39.0. The maximum Gasteiger partial charge on any atom is 0.408 e. The first-order valence-electron chi connectivity index (χ1n) is 16.8. The molecule has 0 aromatic heterocycles. The highest BCUT2D eigenvalue weighted by atomic mass is 16.7. The molecule has 13 heteroatoms. The summed E-state index contributed by atoms with van der Waals surface area (Å²) in [6, 6.07) is -0.832. The van der Waals surface area contributed by atoms with Crippen LogP contribution in [0.2, 0.25) is 0 Å². The fourth-order valence-corrected chi connectivity index (χ4v) is 7.67. The number of fused-ring (bicyclic) bond motifs is 1. The Balaban J connectivity index is 2.17. The lowest BCUT2D eigenvalue weighted by Gasteiger charge is -2.48. The highest BCUT2D eigenvalue weighted by Crippen LogP contribution is 2.40. The second kappa shape index (κ2) is 15.8. The highest BCUT2D eigenvalue weighted by molar-refractivity contribution is 6.00. The minimum atomic E-state index is -1.34. The lowest BCUT2D eigenvalue weighted by atomic mass is 9.73. The number of aliphatic imine (C=N–C) groups is 1. The van der Waals surface area contributed by atoms with Crippen molar-refractivity contribution in [2.75, 3.05) is 34.9 Å². The molecule has 0 radical (unpaired) electrons. The third kappa shape index (κ3) is 8.24. The van der Waals surface area contributed by atoms with Crippen molar-refractivity contribution in [2.24, 2.45) is 28.7 Å². The number of Topliss-reactive ketones (excluding diaryl/α,β-unsaturated/α-hetero) is 2. The summed E-state index contributed by atoms with van der Waals surface area (Å²) >= 11 is 0. The zero-order valence-electron chi connectivity index (χ0n) is 30.2. The predicted octanol–water partition coefficient (Wildman–Crippen LogP) is 3.20. The quantitative estimate of drug-likeness (QED) is 0.231. The first-order valence-corrected chi connectivity index (χ1v) is 16.8. The van der Waals surface area contributed by atoms with Gasteiger partial charge in [-0.05, 0) is 61.1 Å². The van der Waals surface area contributed by atoms with Crippen LogP contribution in [0.3, 0.4) is 0 Å². The number of alkyl carbamates (subject to hydrolysis) is 1. The van der Waals surface area contributed by atoms with Crippen LogP contribution in [-0.2, 0) is 42.8 Å². The number of hydrogen-bond donors (Lipinski definition) is 1. The summed E-state index contributed by atoms with van der Waals surface area (Å²) in [6.07, 6.45) is -1.42. The minimum Gasteiger partial charge on any atom is -0.458 e. The molecule has 0 unspecified atom stereocenters. The number of ketones is 2. The number of esters is 1. The molecule has 13 atom stereocenters. The summed E-state index contributed by atoms with van der Waals surface area (Å²) in [6.45, 7) is 14.0. The fraction of sp³-hybridized carbons (Fsp3) is 0.853. The average molecular weight is 668 g/mol. The highest BCUT2D eigenvalue weighted by Gasteiger charge is 2.57. The Bertz CT molecular complexity index is 1160. The summed E-state index contributed by atoms with van der Waals surface area (Å²) in [5.74, 6) is -4.75. The van der Waals surface area contributed by atoms with E-state index in [0.717, 1.165) is 0 Å². The van der Waals surface area contributed by atoms with Crippen LogP contribution >= 0.6 is 0 Å². The Morgan fingerprint density at radius 3 is 2.28 bits per heavy atom. The van der Waals surface area contributed by atoms with Gasteiger partial charge in [-0.3, -0.25) is 19.4 Å². The summed E-state index contributed by atoms with van der Waals surface area (Å²) in [5, 5.41) is 2.79. The van der Waals surface area contributed by atoms with Gasteiger partial charge in [-0.25, -0.2) is 4.79 Å². The van der Waals surface area contributed by atoms with Crippen molar-refractivity contribution in [3.8, 4) is 0 Å². The molecule has 3 heterocycles. The van der Waals surface area contributed by atoms with Crippen LogP contribution in [0.1, 0.15) is 74.7 Å². The van der Waals surface area contributed by atoms with E-state index in [4.69, 9.17) is 28.4 Å².